The molecule has 1 aromatic rings. The Morgan fingerprint density at radius 1 is 1.17 bits per heavy atom. The van der Waals surface area contributed by atoms with E-state index >= 15 is 0 Å². The van der Waals surface area contributed by atoms with Crippen molar-refractivity contribution in [3.05, 3.63) is 5.69 Å². The molecule has 0 saturated carbocycles. The van der Waals surface area contributed by atoms with E-state index in [1.807, 2.05) is 6.92 Å². The maximum absolute atomic E-state index is 5.48. The van der Waals surface area contributed by atoms with Crippen molar-refractivity contribution in [2.75, 3.05) is 45.4 Å². The van der Waals surface area contributed by atoms with Crippen LogP contribution in [0.1, 0.15) is 19.0 Å². The van der Waals surface area contributed by atoms with Crippen LogP contribution in [0.4, 0.5) is 5.00 Å². The monoisotopic (exact) mass is 275 g/mol. The predicted octanol–water partition coefficient (Wildman–Crippen LogP) is 1.54. The number of ether oxygens (including phenoxy) is 3. The number of aromatic nitrogens is 2. The Balaban J connectivity index is 2.01. The molecule has 0 unspecified atom stereocenters. The molecule has 18 heavy (non-hydrogen) atoms. The molecule has 7 heteroatoms. The highest BCUT2D eigenvalue weighted by molar-refractivity contribution is 7.10. The largest absolute Gasteiger partial charge is 0.385 e. The minimum atomic E-state index is 0.472. The third-order valence-electron chi connectivity index (χ3n) is 2.14. The zero-order chi connectivity index (χ0) is 13.1. The number of nitrogens with zero attached hydrogens (tertiary/aromatic N) is 2. The molecule has 1 rings (SSSR count). The van der Waals surface area contributed by atoms with Crippen LogP contribution >= 0.6 is 11.5 Å². The normalized spacial score (nSPS) is 10.8. The minimum absolute atomic E-state index is 0.472. The van der Waals surface area contributed by atoms with Gasteiger partial charge in [-0.25, -0.2) is 0 Å². The summed E-state index contributed by atoms with van der Waals surface area (Å²) < 4.78 is 19.7. The lowest BCUT2D eigenvalue weighted by Gasteiger charge is -2.05. The fourth-order valence-corrected chi connectivity index (χ4v) is 1.93. The Morgan fingerprint density at radius 3 is 2.78 bits per heavy atom. The van der Waals surface area contributed by atoms with Gasteiger partial charge in [0.25, 0.3) is 0 Å². The van der Waals surface area contributed by atoms with E-state index < -0.39 is 0 Å². The van der Waals surface area contributed by atoms with Crippen LogP contribution in [0.2, 0.25) is 0 Å². The summed E-state index contributed by atoms with van der Waals surface area (Å²) in [7, 11) is 1.69. The lowest BCUT2D eigenvalue weighted by molar-refractivity contribution is 0.0329. The highest BCUT2D eigenvalue weighted by atomic mass is 32.1. The van der Waals surface area contributed by atoms with Crippen molar-refractivity contribution in [2.24, 2.45) is 0 Å². The lowest BCUT2D eigenvalue weighted by Crippen LogP contribution is -2.07. The second kappa shape index (κ2) is 10.2. The molecular formula is C11H21N3O3S. The van der Waals surface area contributed by atoms with E-state index in [4.69, 9.17) is 14.2 Å². The number of hydrogen-bond acceptors (Lipinski definition) is 7. The topological polar surface area (TPSA) is 65.5 Å². The predicted molar refractivity (Wildman–Crippen MR) is 71.0 cm³/mol. The van der Waals surface area contributed by atoms with Crippen LogP contribution in [0.15, 0.2) is 0 Å². The van der Waals surface area contributed by atoms with Gasteiger partial charge >= 0.3 is 0 Å². The van der Waals surface area contributed by atoms with Crippen LogP contribution in [0, 0.1) is 0 Å². The first-order valence-electron chi connectivity index (χ1n) is 6.08. The summed E-state index contributed by atoms with van der Waals surface area (Å²) in [5.74, 6) is 0. The molecule has 0 aromatic carbocycles. The number of methoxy groups -OCH3 is 1. The smallest absolute Gasteiger partial charge is 0.135 e. The first-order valence-corrected chi connectivity index (χ1v) is 6.85. The van der Waals surface area contributed by atoms with Crippen LogP contribution in [0.3, 0.4) is 0 Å². The Hall–Kier alpha value is -0.760. The Labute approximate surface area is 112 Å². The van der Waals surface area contributed by atoms with Crippen LogP contribution in [0.5, 0.6) is 0 Å². The molecule has 0 aliphatic rings. The third-order valence-corrected chi connectivity index (χ3v) is 2.87. The fraction of sp³-hybridized carbons (Fsp3) is 0.818. The van der Waals surface area contributed by atoms with Gasteiger partial charge in [0, 0.05) is 38.4 Å². The van der Waals surface area contributed by atoms with Crippen molar-refractivity contribution >= 4 is 16.5 Å². The van der Waals surface area contributed by atoms with Crippen LogP contribution in [-0.2, 0) is 20.8 Å². The highest BCUT2D eigenvalue weighted by Gasteiger charge is 2.06. The standard InChI is InChI=1S/C11H21N3O3S/c1-3-12-11-10(13-14-18-11)9-17-8-7-16-6-4-5-15-2/h12H,3-9H2,1-2H3. The summed E-state index contributed by atoms with van der Waals surface area (Å²) in [5.41, 5.74) is 0.862. The maximum atomic E-state index is 5.48. The number of nitrogens with one attached hydrogen (secondary N) is 1. The third kappa shape index (κ3) is 6.25. The quantitative estimate of drug-likeness (QED) is 0.618. The Morgan fingerprint density at radius 2 is 2.00 bits per heavy atom. The van der Waals surface area contributed by atoms with Gasteiger partial charge in [0.15, 0.2) is 0 Å². The second-order valence-electron chi connectivity index (χ2n) is 3.59. The van der Waals surface area contributed by atoms with Gasteiger partial charge in [-0.15, -0.1) is 5.10 Å². The number of rotatable bonds is 11. The van der Waals surface area contributed by atoms with Crippen LogP contribution in [0.25, 0.3) is 0 Å². The summed E-state index contributed by atoms with van der Waals surface area (Å²) >= 11 is 1.35. The highest BCUT2D eigenvalue weighted by Crippen LogP contribution is 2.17. The maximum Gasteiger partial charge on any atom is 0.135 e. The molecule has 1 aromatic heterocycles. The number of hydrogen-bond donors (Lipinski definition) is 1. The van der Waals surface area contributed by atoms with Gasteiger partial charge in [0.1, 0.15) is 10.7 Å². The van der Waals surface area contributed by atoms with E-state index in [-0.39, 0.29) is 0 Å². The van der Waals surface area contributed by atoms with E-state index in [2.05, 4.69) is 14.9 Å². The SMILES string of the molecule is CCNc1snnc1COCCOCCCOC. The van der Waals surface area contributed by atoms with Gasteiger partial charge < -0.3 is 19.5 Å². The van der Waals surface area contributed by atoms with Crippen molar-refractivity contribution in [2.45, 2.75) is 20.0 Å². The summed E-state index contributed by atoms with van der Waals surface area (Å²) in [5, 5.41) is 8.20. The van der Waals surface area contributed by atoms with E-state index in [9.17, 15) is 0 Å². The molecule has 0 aliphatic heterocycles. The van der Waals surface area contributed by atoms with Crippen molar-refractivity contribution < 1.29 is 14.2 Å². The van der Waals surface area contributed by atoms with Gasteiger partial charge in [-0.2, -0.15) is 0 Å². The molecule has 0 atom stereocenters. The average molecular weight is 275 g/mol. The van der Waals surface area contributed by atoms with Crippen molar-refractivity contribution in [3.63, 3.8) is 0 Å². The zero-order valence-corrected chi connectivity index (χ0v) is 11.8. The molecule has 0 aliphatic carbocycles. The lowest BCUT2D eigenvalue weighted by atomic mass is 10.5. The van der Waals surface area contributed by atoms with Crippen molar-refractivity contribution in [1.29, 1.82) is 0 Å². The first kappa shape index (κ1) is 15.3. The van der Waals surface area contributed by atoms with Crippen molar-refractivity contribution in [1.82, 2.24) is 9.59 Å². The molecular weight excluding hydrogens is 254 g/mol. The summed E-state index contributed by atoms with van der Waals surface area (Å²) in [6, 6.07) is 0. The molecule has 0 amide bonds. The van der Waals surface area contributed by atoms with Crippen LogP contribution in [-0.4, -0.2) is 49.7 Å². The minimum Gasteiger partial charge on any atom is -0.385 e. The molecule has 1 N–H and O–H groups in total. The summed E-state index contributed by atoms with van der Waals surface area (Å²) in [4.78, 5) is 0. The molecule has 0 saturated heterocycles. The van der Waals surface area contributed by atoms with E-state index in [0.29, 0.717) is 26.4 Å². The van der Waals surface area contributed by atoms with Crippen LogP contribution < -0.4 is 5.32 Å². The van der Waals surface area contributed by atoms with E-state index in [1.54, 1.807) is 7.11 Å². The molecule has 0 bridgehead atoms. The zero-order valence-electron chi connectivity index (χ0n) is 11.0. The number of anilines is 1. The van der Waals surface area contributed by atoms with Gasteiger partial charge in [-0.3, -0.25) is 0 Å². The molecule has 0 radical (unpaired) electrons. The van der Waals surface area contributed by atoms with Gasteiger partial charge in [-0.1, -0.05) is 4.49 Å². The average Bonchev–Trinajstić information content (AvgIpc) is 2.81. The molecule has 0 fully saturated rings. The first-order chi connectivity index (χ1) is 8.88. The molecule has 104 valence electrons. The summed E-state index contributed by atoms with van der Waals surface area (Å²) in [6.07, 6.45) is 0.914. The molecule has 0 spiro atoms. The second-order valence-corrected chi connectivity index (χ2v) is 4.34. The van der Waals surface area contributed by atoms with E-state index in [0.717, 1.165) is 30.3 Å². The van der Waals surface area contributed by atoms with Gasteiger partial charge in [-0.05, 0) is 13.3 Å². The van der Waals surface area contributed by atoms with Gasteiger partial charge in [0.2, 0.25) is 0 Å². The summed E-state index contributed by atoms with van der Waals surface area (Å²) in [6.45, 7) is 5.97. The van der Waals surface area contributed by atoms with E-state index in [1.165, 1.54) is 11.5 Å². The van der Waals surface area contributed by atoms with Gasteiger partial charge in [0.05, 0.1) is 19.8 Å². The molecule has 1 heterocycles. The van der Waals surface area contributed by atoms with Crippen molar-refractivity contribution in [3.8, 4) is 0 Å². The fourth-order valence-electron chi connectivity index (χ4n) is 1.29. The Kier molecular flexibility index (Phi) is 8.66. The Bertz CT molecular complexity index is 309. The molecule has 6 nitrogen and oxygen atoms in total.